The van der Waals surface area contributed by atoms with E-state index in [1.165, 1.54) is 44.2 Å². The van der Waals surface area contributed by atoms with E-state index in [-0.39, 0.29) is 40.7 Å². The van der Waals surface area contributed by atoms with Crippen LogP contribution in [0.2, 0.25) is 0 Å². The minimum atomic E-state index is -1.36. The molecule has 0 aliphatic carbocycles. The second kappa shape index (κ2) is 8.17. The molecule has 3 rings (SSSR count). The largest absolute Gasteiger partial charge is 0.508 e. The molecule has 0 fully saturated rings. The number of benzene rings is 2. The number of hydrogen-bond donors (Lipinski definition) is 6. The van der Waals surface area contributed by atoms with Gasteiger partial charge >= 0.3 is 6.03 Å². The minimum absolute atomic E-state index is 0.00283. The van der Waals surface area contributed by atoms with Gasteiger partial charge in [-0.3, -0.25) is 4.79 Å². The van der Waals surface area contributed by atoms with Gasteiger partial charge in [-0.05, 0) is 38.1 Å². The normalized spacial score (nSPS) is 12.5. The fourth-order valence-electron chi connectivity index (χ4n) is 2.79. The van der Waals surface area contributed by atoms with E-state index in [1.807, 2.05) is 0 Å². The van der Waals surface area contributed by atoms with Gasteiger partial charge in [0.05, 0.1) is 11.2 Å². The first kappa shape index (κ1) is 21.9. The monoisotopic (exact) mass is 430 g/mol. The van der Waals surface area contributed by atoms with Crippen LogP contribution in [-0.4, -0.2) is 50.6 Å². The molecule has 1 aromatic heterocycles. The van der Waals surface area contributed by atoms with E-state index in [0.29, 0.717) is 5.39 Å². The summed E-state index contributed by atoms with van der Waals surface area (Å²) in [6.45, 7) is 2.68. The molecule has 1 unspecified atom stereocenters. The van der Waals surface area contributed by atoms with Crippen molar-refractivity contribution in [1.29, 1.82) is 0 Å². The topological polar surface area (TPSA) is 175 Å². The quantitative estimate of drug-likeness (QED) is 0.309. The molecule has 2 aromatic carbocycles. The number of primary amides is 1. The maximum atomic E-state index is 12.9. The van der Waals surface area contributed by atoms with Gasteiger partial charge in [0.1, 0.15) is 41.2 Å². The third-order valence-electron chi connectivity index (χ3n) is 4.57. The van der Waals surface area contributed by atoms with Crippen molar-refractivity contribution in [2.45, 2.75) is 25.6 Å². The molecule has 2 amide bonds. The molecule has 1 atom stereocenters. The van der Waals surface area contributed by atoms with Gasteiger partial charge in [0.25, 0.3) is 0 Å². The highest BCUT2D eigenvalue weighted by Gasteiger charge is 2.27. The Hall–Kier alpha value is -3.76. The number of phenols is 2. The number of aliphatic hydroxyl groups is 2. The number of carbonyl (C=O) groups excluding carboxylic acids is 2. The SMILES string of the molecule is CC(C)(O)C(O)COc1ccc2c(NC(N)=O)c(C(=O)c3ccc(O)cc3O)oc2c1. The number of urea groups is 1. The Morgan fingerprint density at radius 3 is 2.52 bits per heavy atom. The molecular formula is C21H22N2O8. The van der Waals surface area contributed by atoms with Gasteiger partial charge in [0.2, 0.25) is 5.78 Å². The van der Waals surface area contributed by atoms with Crippen LogP contribution < -0.4 is 15.8 Å². The van der Waals surface area contributed by atoms with Crippen molar-refractivity contribution in [3.63, 3.8) is 0 Å². The van der Waals surface area contributed by atoms with Crippen molar-refractivity contribution in [3.05, 3.63) is 47.7 Å². The first-order valence-electron chi connectivity index (χ1n) is 9.20. The van der Waals surface area contributed by atoms with Gasteiger partial charge in [0, 0.05) is 17.5 Å². The molecule has 0 aliphatic heterocycles. The summed E-state index contributed by atoms with van der Waals surface area (Å²) in [6, 6.07) is 6.97. The smallest absolute Gasteiger partial charge is 0.316 e. The Labute approximate surface area is 176 Å². The van der Waals surface area contributed by atoms with Gasteiger partial charge < -0.3 is 40.6 Å². The van der Waals surface area contributed by atoms with E-state index in [9.17, 15) is 30.0 Å². The molecule has 164 valence electrons. The van der Waals surface area contributed by atoms with Crippen molar-refractivity contribution >= 4 is 28.5 Å². The lowest BCUT2D eigenvalue weighted by molar-refractivity contribution is -0.0661. The predicted octanol–water partition coefficient (Wildman–Crippen LogP) is 2.08. The van der Waals surface area contributed by atoms with Gasteiger partial charge in [-0.25, -0.2) is 4.79 Å². The molecule has 3 aromatic rings. The third-order valence-corrected chi connectivity index (χ3v) is 4.57. The highest BCUT2D eigenvalue weighted by Crippen LogP contribution is 2.36. The lowest BCUT2D eigenvalue weighted by atomic mass is 10.0. The van der Waals surface area contributed by atoms with Crippen LogP contribution in [0.3, 0.4) is 0 Å². The van der Waals surface area contributed by atoms with Crippen LogP contribution in [0, 0.1) is 0 Å². The van der Waals surface area contributed by atoms with Crippen molar-refractivity contribution in [3.8, 4) is 17.2 Å². The zero-order valence-electron chi connectivity index (χ0n) is 16.7. The first-order valence-corrected chi connectivity index (χ1v) is 9.20. The number of fused-ring (bicyclic) bond motifs is 1. The summed E-state index contributed by atoms with van der Waals surface area (Å²) < 4.78 is 11.1. The fourth-order valence-corrected chi connectivity index (χ4v) is 2.79. The van der Waals surface area contributed by atoms with Crippen LogP contribution in [0.15, 0.2) is 40.8 Å². The molecule has 0 saturated carbocycles. The highest BCUT2D eigenvalue weighted by molar-refractivity contribution is 6.18. The average Bonchev–Trinajstić information content (AvgIpc) is 3.02. The second-order valence-electron chi connectivity index (χ2n) is 7.46. The molecule has 7 N–H and O–H groups in total. The van der Waals surface area contributed by atoms with E-state index in [0.717, 1.165) is 6.07 Å². The van der Waals surface area contributed by atoms with E-state index >= 15 is 0 Å². The number of aromatic hydroxyl groups is 2. The number of hydrogen-bond acceptors (Lipinski definition) is 8. The van der Waals surface area contributed by atoms with Crippen molar-refractivity contribution in [2.24, 2.45) is 5.73 Å². The molecule has 0 aliphatic rings. The molecule has 10 nitrogen and oxygen atoms in total. The van der Waals surface area contributed by atoms with Gasteiger partial charge in [-0.2, -0.15) is 0 Å². The number of phenolic OH excluding ortho intramolecular Hbond substituents is 2. The number of rotatable bonds is 7. The summed E-state index contributed by atoms with van der Waals surface area (Å²) >= 11 is 0. The van der Waals surface area contributed by atoms with Crippen molar-refractivity contribution in [2.75, 3.05) is 11.9 Å². The minimum Gasteiger partial charge on any atom is -0.508 e. The van der Waals surface area contributed by atoms with E-state index in [1.54, 1.807) is 0 Å². The number of ether oxygens (including phenoxy) is 1. The Morgan fingerprint density at radius 1 is 1.19 bits per heavy atom. The lowest BCUT2D eigenvalue weighted by Crippen LogP contribution is -2.40. The fraction of sp³-hybridized carbons (Fsp3) is 0.238. The summed E-state index contributed by atoms with van der Waals surface area (Å²) in [7, 11) is 0. The molecule has 0 radical (unpaired) electrons. The highest BCUT2D eigenvalue weighted by atomic mass is 16.5. The van der Waals surface area contributed by atoms with Gasteiger partial charge in [-0.15, -0.1) is 0 Å². The number of nitrogens with two attached hydrogens (primary N) is 1. The molecule has 0 spiro atoms. The van der Waals surface area contributed by atoms with Crippen LogP contribution in [0.5, 0.6) is 17.2 Å². The Kier molecular flexibility index (Phi) is 5.78. The second-order valence-corrected chi connectivity index (χ2v) is 7.46. The molecule has 0 saturated heterocycles. The van der Waals surface area contributed by atoms with E-state index in [4.69, 9.17) is 14.9 Å². The Balaban J connectivity index is 2.00. The van der Waals surface area contributed by atoms with Crippen LogP contribution in [0.25, 0.3) is 11.0 Å². The molecule has 10 heteroatoms. The molecule has 1 heterocycles. The van der Waals surface area contributed by atoms with Gasteiger partial charge in [-0.1, -0.05) is 0 Å². The van der Waals surface area contributed by atoms with Gasteiger partial charge in [0.15, 0.2) is 5.76 Å². The number of amides is 2. The standard InChI is InChI=1S/C21H22N2O8/c1-21(2,29)16(26)9-30-11-4-6-13-15(8-11)31-19(17(13)23-20(22)28)18(27)12-5-3-10(24)7-14(12)25/h3-8,16,24-26,29H,9H2,1-2H3,(H3,22,23,28). The Morgan fingerprint density at radius 2 is 1.90 bits per heavy atom. The average molecular weight is 430 g/mol. The van der Waals surface area contributed by atoms with Crippen LogP contribution in [0.4, 0.5) is 10.5 Å². The number of nitrogens with one attached hydrogen (secondary N) is 1. The third kappa shape index (κ3) is 4.71. The van der Waals surface area contributed by atoms with Crippen LogP contribution >= 0.6 is 0 Å². The number of ketones is 1. The van der Waals surface area contributed by atoms with E-state index in [2.05, 4.69) is 5.32 Å². The maximum absolute atomic E-state index is 12.9. The molecular weight excluding hydrogens is 408 g/mol. The summed E-state index contributed by atoms with van der Waals surface area (Å²) in [5.41, 5.74) is 3.87. The number of furan rings is 1. The Bertz CT molecular complexity index is 1150. The van der Waals surface area contributed by atoms with Crippen molar-refractivity contribution < 1.29 is 39.2 Å². The van der Waals surface area contributed by atoms with E-state index < -0.39 is 29.3 Å². The number of carbonyl (C=O) groups is 2. The van der Waals surface area contributed by atoms with Crippen LogP contribution in [0.1, 0.15) is 30.0 Å². The first-order chi connectivity index (χ1) is 14.5. The summed E-state index contributed by atoms with van der Waals surface area (Å²) in [4.78, 5) is 24.4. The zero-order chi connectivity index (χ0) is 22.9. The lowest BCUT2D eigenvalue weighted by Gasteiger charge is -2.24. The zero-order valence-corrected chi connectivity index (χ0v) is 16.7. The maximum Gasteiger partial charge on any atom is 0.316 e. The predicted molar refractivity (Wildman–Crippen MR) is 110 cm³/mol. The van der Waals surface area contributed by atoms with Crippen LogP contribution in [-0.2, 0) is 0 Å². The summed E-state index contributed by atoms with van der Waals surface area (Å²) in [6.07, 6.45) is -1.15. The summed E-state index contributed by atoms with van der Waals surface area (Å²) in [5, 5.41) is 41.8. The number of aliphatic hydroxyl groups excluding tert-OH is 1. The number of anilines is 1. The molecule has 0 bridgehead atoms. The van der Waals surface area contributed by atoms with Crippen molar-refractivity contribution in [1.82, 2.24) is 0 Å². The summed E-state index contributed by atoms with van der Waals surface area (Å²) in [5.74, 6) is -1.47. The molecule has 31 heavy (non-hydrogen) atoms.